The first-order valence-corrected chi connectivity index (χ1v) is 6.54. The number of hydrogen-bond donors (Lipinski definition) is 2. The molecule has 0 spiro atoms. The van der Waals surface area contributed by atoms with Crippen LogP contribution in [0.2, 0.25) is 0 Å². The van der Waals surface area contributed by atoms with E-state index in [1.165, 1.54) is 22.3 Å². The molecule has 17 heavy (non-hydrogen) atoms. The van der Waals surface area contributed by atoms with Crippen molar-refractivity contribution in [3.8, 4) is 0 Å². The van der Waals surface area contributed by atoms with Gasteiger partial charge in [-0.15, -0.1) is 0 Å². The van der Waals surface area contributed by atoms with Gasteiger partial charge in [-0.05, 0) is 75.9 Å². The Labute approximate surface area is 106 Å². The smallest absolute Gasteiger partial charge is 0.00225 e. The second-order valence-electron chi connectivity index (χ2n) is 5.06. The lowest BCUT2D eigenvalue weighted by Gasteiger charge is -2.12. The summed E-state index contributed by atoms with van der Waals surface area (Å²) >= 11 is 0. The van der Waals surface area contributed by atoms with E-state index in [9.17, 15) is 0 Å². The third-order valence-corrected chi connectivity index (χ3v) is 3.52. The summed E-state index contributed by atoms with van der Waals surface area (Å²) < 4.78 is 0. The van der Waals surface area contributed by atoms with E-state index in [1.807, 2.05) is 0 Å². The summed E-state index contributed by atoms with van der Waals surface area (Å²) in [4.78, 5) is 0. The Morgan fingerprint density at radius 3 is 2.47 bits per heavy atom. The Bertz CT molecular complexity index is 356. The van der Waals surface area contributed by atoms with E-state index in [0.717, 1.165) is 25.9 Å². The lowest BCUT2D eigenvalue weighted by Crippen LogP contribution is -2.25. The Kier molecular flexibility index (Phi) is 5.66. The second kappa shape index (κ2) is 6.77. The number of aryl methyl sites for hydroxylation is 1. The molecule has 2 heteroatoms. The number of nitrogens with one attached hydrogen (secondary N) is 1. The van der Waals surface area contributed by atoms with Crippen molar-refractivity contribution in [1.82, 2.24) is 5.32 Å². The molecule has 0 aliphatic rings. The van der Waals surface area contributed by atoms with Crippen LogP contribution in [-0.2, 0) is 6.42 Å². The zero-order chi connectivity index (χ0) is 12.8. The first-order chi connectivity index (χ1) is 8.02. The molecule has 2 nitrogen and oxygen atoms in total. The van der Waals surface area contributed by atoms with Gasteiger partial charge in [-0.25, -0.2) is 0 Å². The maximum absolute atomic E-state index is 5.71. The van der Waals surface area contributed by atoms with E-state index in [0.29, 0.717) is 6.04 Å². The van der Waals surface area contributed by atoms with E-state index in [2.05, 4.69) is 45.1 Å². The van der Waals surface area contributed by atoms with E-state index in [1.54, 1.807) is 0 Å². The van der Waals surface area contributed by atoms with Gasteiger partial charge in [0, 0.05) is 6.04 Å². The van der Waals surface area contributed by atoms with Gasteiger partial charge in [-0.1, -0.05) is 12.1 Å². The summed E-state index contributed by atoms with van der Waals surface area (Å²) in [5.74, 6) is 0. The second-order valence-corrected chi connectivity index (χ2v) is 5.06. The molecule has 96 valence electrons. The van der Waals surface area contributed by atoms with Gasteiger partial charge in [0.15, 0.2) is 0 Å². The minimum atomic E-state index is 0.297. The molecule has 0 radical (unpaired) electrons. The van der Waals surface area contributed by atoms with Gasteiger partial charge in [0.2, 0.25) is 0 Å². The highest BCUT2D eigenvalue weighted by Gasteiger charge is 2.03. The summed E-state index contributed by atoms with van der Waals surface area (Å²) in [5, 5.41) is 3.45. The van der Waals surface area contributed by atoms with Crippen LogP contribution in [0.25, 0.3) is 0 Å². The molecule has 1 rings (SSSR count). The zero-order valence-corrected chi connectivity index (χ0v) is 11.6. The minimum absolute atomic E-state index is 0.297. The van der Waals surface area contributed by atoms with Crippen LogP contribution in [0.15, 0.2) is 12.1 Å². The van der Waals surface area contributed by atoms with E-state index >= 15 is 0 Å². The normalized spacial score (nSPS) is 12.8. The predicted octanol–water partition coefficient (Wildman–Crippen LogP) is 2.48. The quantitative estimate of drug-likeness (QED) is 0.742. The molecule has 1 unspecified atom stereocenters. The van der Waals surface area contributed by atoms with Crippen molar-refractivity contribution in [2.75, 3.05) is 13.1 Å². The molecule has 0 saturated carbocycles. The van der Waals surface area contributed by atoms with Gasteiger partial charge in [0.1, 0.15) is 0 Å². The van der Waals surface area contributed by atoms with Crippen molar-refractivity contribution in [3.63, 3.8) is 0 Å². The molecule has 3 N–H and O–H groups in total. The minimum Gasteiger partial charge on any atom is -0.328 e. The van der Waals surface area contributed by atoms with Crippen LogP contribution in [0.4, 0.5) is 0 Å². The fraction of sp³-hybridized carbons (Fsp3) is 0.600. The molecule has 1 aromatic rings. The molecule has 0 aliphatic carbocycles. The Morgan fingerprint density at radius 1 is 1.12 bits per heavy atom. The maximum atomic E-state index is 5.71. The molecular weight excluding hydrogens is 208 g/mol. The summed E-state index contributed by atoms with van der Waals surface area (Å²) in [7, 11) is 0. The lowest BCUT2D eigenvalue weighted by molar-refractivity contribution is 0.589. The molecule has 0 amide bonds. The van der Waals surface area contributed by atoms with E-state index < -0.39 is 0 Å². The van der Waals surface area contributed by atoms with Crippen molar-refractivity contribution in [1.29, 1.82) is 0 Å². The molecule has 0 bridgehead atoms. The molecule has 0 aromatic heterocycles. The average Bonchev–Trinajstić information content (AvgIpc) is 2.28. The largest absolute Gasteiger partial charge is 0.328 e. The highest BCUT2D eigenvalue weighted by Crippen LogP contribution is 2.17. The molecule has 1 atom stereocenters. The highest BCUT2D eigenvalue weighted by molar-refractivity contribution is 5.38. The monoisotopic (exact) mass is 234 g/mol. The topological polar surface area (TPSA) is 38.0 Å². The molecule has 1 aromatic carbocycles. The third kappa shape index (κ3) is 4.49. The number of benzene rings is 1. The van der Waals surface area contributed by atoms with Gasteiger partial charge in [-0.2, -0.15) is 0 Å². The summed E-state index contributed by atoms with van der Waals surface area (Å²) in [6.07, 6.45) is 2.15. The van der Waals surface area contributed by atoms with Gasteiger partial charge in [-0.3, -0.25) is 0 Å². The molecule has 0 heterocycles. The zero-order valence-electron chi connectivity index (χ0n) is 11.6. The van der Waals surface area contributed by atoms with Crippen LogP contribution in [-0.4, -0.2) is 19.1 Å². The fourth-order valence-corrected chi connectivity index (χ4v) is 1.96. The molecular formula is C15H26N2. The van der Waals surface area contributed by atoms with Gasteiger partial charge in [0.25, 0.3) is 0 Å². The van der Waals surface area contributed by atoms with Crippen LogP contribution in [0.1, 0.15) is 35.6 Å². The Hall–Kier alpha value is -0.860. The summed E-state index contributed by atoms with van der Waals surface area (Å²) in [6, 6.07) is 4.77. The molecule has 0 saturated heterocycles. The Balaban J connectivity index is 2.40. The van der Waals surface area contributed by atoms with Crippen molar-refractivity contribution in [2.24, 2.45) is 5.73 Å². The van der Waals surface area contributed by atoms with E-state index in [4.69, 9.17) is 5.73 Å². The number of hydrogen-bond acceptors (Lipinski definition) is 2. The van der Waals surface area contributed by atoms with E-state index in [-0.39, 0.29) is 0 Å². The lowest BCUT2D eigenvalue weighted by atomic mass is 9.97. The SMILES string of the molecule is Cc1ccc(CCNCCC(C)N)c(C)c1C. The van der Waals surface area contributed by atoms with Gasteiger partial charge >= 0.3 is 0 Å². The standard InChI is InChI=1S/C15H26N2/c1-11-5-6-15(14(4)13(11)3)8-10-17-9-7-12(2)16/h5-6,12,17H,7-10,16H2,1-4H3. The van der Waals surface area contributed by atoms with Crippen molar-refractivity contribution < 1.29 is 0 Å². The first-order valence-electron chi connectivity index (χ1n) is 6.54. The van der Waals surface area contributed by atoms with Crippen molar-refractivity contribution >= 4 is 0 Å². The van der Waals surface area contributed by atoms with Crippen molar-refractivity contribution in [2.45, 2.75) is 46.6 Å². The maximum Gasteiger partial charge on any atom is 0.00225 e. The first kappa shape index (κ1) is 14.2. The molecule has 0 aliphatic heterocycles. The van der Waals surface area contributed by atoms with Crippen LogP contribution in [0.3, 0.4) is 0 Å². The van der Waals surface area contributed by atoms with Crippen molar-refractivity contribution in [3.05, 3.63) is 34.4 Å². The van der Waals surface area contributed by atoms with Crippen LogP contribution < -0.4 is 11.1 Å². The summed E-state index contributed by atoms with van der Waals surface area (Å²) in [6.45, 7) is 10.7. The van der Waals surface area contributed by atoms with Crippen LogP contribution >= 0.6 is 0 Å². The Morgan fingerprint density at radius 2 is 1.82 bits per heavy atom. The van der Waals surface area contributed by atoms with Crippen LogP contribution in [0.5, 0.6) is 0 Å². The predicted molar refractivity (Wildman–Crippen MR) is 75.5 cm³/mol. The fourth-order valence-electron chi connectivity index (χ4n) is 1.96. The van der Waals surface area contributed by atoms with Gasteiger partial charge in [0.05, 0.1) is 0 Å². The summed E-state index contributed by atoms with van der Waals surface area (Å²) in [5.41, 5.74) is 11.4. The molecule has 0 fully saturated rings. The highest BCUT2D eigenvalue weighted by atomic mass is 14.8. The van der Waals surface area contributed by atoms with Gasteiger partial charge < -0.3 is 11.1 Å². The third-order valence-electron chi connectivity index (χ3n) is 3.52. The average molecular weight is 234 g/mol. The number of nitrogens with two attached hydrogens (primary N) is 1. The number of rotatable bonds is 6. The van der Waals surface area contributed by atoms with Crippen LogP contribution in [0, 0.1) is 20.8 Å².